The number of rotatable bonds is 3. The Hall–Kier alpha value is -2.47. The molecule has 1 aromatic carbocycles. The number of nitrogens with one attached hydrogen (secondary N) is 1. The molecular weight excluding hydrogens is 254 g/mol. The Morgan fingerprint density at radius 1 is 1.30 bits per heavy atom. The minimum absolute atomic E-state index is 0.0222. The molecule has 6 nitrogen and oxygen atoms in total. The van der Waals surface area contributed by atoms with Crippen LogP contribution in [0.5, 0.6) is 0 Å². The minimum Gasteiger partial charge on any atom is -0.377 e. The minimum atomic E-state index is 0.0222. The van der Waals surface area contributed by atoms with Gasteiger partial charge in [0.2, 0.25) is 5.95 Å². The molecule has 2 heterocycles. The van der Waals surface area contributed by atoms with Crippen molar-refractivity contribution in [3.63, 3.8) is 0 Å². The summed E-state index contributed by atoms with van der Waals surface area (Å²) < 4.78 is 5.35. The topological polar surface area (TPSA) is 89.7 Å². The quantitative estimate of drug-likeness (QED) is 0.761. The molecule has 6 heteroatoms. The number of aromatic amines is 1. The average Bonchev–Trinajstić information content (AvgIpc) is 2.93. The van der Waals surface area contributed by atoms with Crippen LogP contribution in [0.2, 0.25) is 0 Å². The summed E-state index contributed by atoms with van der Waals surface area (Å²) in [5.74, 6) is 0.224. The molecule has 2 aromatic heterocycles. The van der Waals surface area contributed by atoms with Gasteiger partial charge < -0.3 is 10.5 Å². The van der Waals surface area contributed by atoms with Crippen molar-refractivity contribution < 1.29 is 4.74 Å². The number of ether oxygens (including phenoxy) is 1. The van der Waals surface area contributed by atoms with Gasteiger partial charge >= 0.3 is 0 Å². The molecule has 0 radical (unpaired) electrons. The zero-order valence-electron chi connectivity index (χ0n) is 11.3. The number of nitrogens with zero attached hydrogens (tertiary/aromatic N) is 3. The van der Waals surface area contributed by atoms with E-state index in [1.165, 1.54) is 0 Å². The molecule has 102 valence electrons. The Morgan fingerprint density at radius 3 is 2.95 bits per heavy atom. The van der Waals surface area contributed by atoms with Gasteiger partial charge in [0.05, 0.1) is 23.4 Å². The fourth-order valence-corrected chi connectivity index (χ4v) is 2.15. The number of anilines is 1. The number of hydrogen-bond donors (Lipinski definition) is 2. The maximum absolute atomic E-state index is 5.75. The van der Waals surface area contributed by atoms with Gasteiger partial charge in [-0.1, -0.05) is 18.2 Å². The Balaban J connectivity index is 2.18. The molecule has 3 aromatic rings. The highest BCUT2D eigenvalue weighted by atomic mass is 16.5. The van der Waals surface area contributed by atoms with E-state index in [0.29, 0.717) is 5.65 Å². The maximum atomic E-state index is 5.75. The molecule has 0 saturated carbocycles. The van der Waals surface area contributed by atoms with Gasteiger partial charge in [-0.05, 0) is 18.6 Å². The lowest BCUT2D eigenvalue weighted by Gasteiger charge is -2.11. The second kappa shape index (κ2) is 4.90. The maximum Gasteiger partial charge on any atom is 0.222 e. The molecule has 1 atom stereocenters. The van der Waals surface area contributed by atoms with Crippen LogP contribution in [0.15, 0.2) is 30.5 Å². The van der Waals surface area contributed by atoms with Crippen LogP contribution < -0.4 is 5.73 Å². The lowest BCUT2D eigenvalue weighted by molar-refractivity contribution is 0.119. The van der Waals surface area contributed by atoms with E-state index in [9.17, 15) is 0 Å². The first-order chi connectivity index (χ1) is 9.69. The summed E-state index contributed by atoms with van der Waals surface area (Å²) in [7, 11) is 1.69. The summed E-state index contributed by atoms with van der Waals surface area (Å²) in [5, 5.41) is 7.66. The molecule has 3 rings (SSSR count). The summed E-state index contributed by atoms with van der Waals surface area (Å²) in [6.07, 6.45) is 1.73. The third kappa shape index (κ3) is 2.10. The third-order valence-corrected chi connectivity index (χ3v) is 3.31. The predicted molar refractivity (Wildman–Crippen MR) is 77.0 cm³/mol. The van der Waals surface area contributed by atoms with Crippen molar-refractivity contribution in [1.29, 1.82) is 0 Å². The van der Waals surface area contributed by atoms with Crippen LogP contribution in [0.1, 0.15) is 18.6 Å². The number of fused-ring (bicyclic) bond motifs is 1. The van der Waals surface area contributed by atoms with Crippen LogP contribution in [0.4, 0.5) is 5.95 Å². The van der Waals surface area contributed by atoms with E-state index in [1.807, 2.05) is 31.2 Å². The molecule has 0 unspecified atom stereocenters. The molecule has 0 bridgehead atoms. The van der Waals surface area contributed by atoms with Gasteiger partial charge in [-0.15, -0.1) is 0 Å². The van der Waals surface area contributed by atoms with Crippen LogP contribution in [-0.4, -0.2) is 27.3 Å². The monoisotopic (exact) mass is 269 g/mol. The van der Waals surface area contributed by atoms with E-state index in [2.05, 4.69) is 20.2 Å². The van der Waals surface area contributed by atoms with E-state index >= 15 is 0 Å². The molecule has 0 fully saturated rings. The standard InChI is InChI=1S/C14H15N5O/c1-8(20-2)9-4-3-5-10(6-9)12-11-7-16-19-13(11)18-14(15)17-12/h3-8H,1-2H3,(H3,15,16,17,18,19)/t8-/m0/s1. The normalized spacial score (nSPS) is 12.7. The van der Waals surface area contributed by atoms with Crippen molar-refractivity contribution in [2.75, 3.05) is 12.8 Å². The number of hydrogen-bond acceptors (Lipinski definition) is 5. The van der Waals surface area contributed by atoms with Crippen molar-refractivity contribution in [2.24, 2.45) is 0 Å². The summed E-state index contributed by atoms with van der Waals surface area (Å²) in [4.78, 5) is 8.46. The number of benzene rings is 1. The summed E-state index contributed by atoms with van der Waals surface area (Å²) in [5.41, 5.74) is 9.20. The van der Waals surface area contributed by atoms with Gasteiger partial charge in [-0.2, -0.15) is 10.1 Å². The Kier molecular flexibility index (Phi) is 3.08. The van der Waals surface area contributed by atoms with Crippen LogP contribution in [0.25, 0.3) is 22.3 Å². The van der Waals surface area contributed by atoms with Crippen molar-refractivity contribution in [2.45, 2.75) is 13.0 Å². The number of nitrogens with two attached hydrogens (primary N) is 1. The first kappa shape index (κ1) is 12.6. The second-order valence-electron chi connectivity index (χ2n) is 4.57. The van der Waals surface area contributed by atoms with Crippen LogP contribution in [-0.2, 0) is 4.74 Å². The van der Waals surface area contributed by atoms with Crippen molar-refractivity contribution in [3.8, 4) is 11.3 Å². The van der Waals surface area contributed by atoms with E-state index in [1.54, 1.807) is 13.3 Å². The number of aromatic nitrogens is 4. The molecular formula is C14H15N5O. The Morgan fingerprint density at radius 2 is 2.15 bits per heavy atom. The van der Waals surface area contributed by atoms with Gasteiger partial charge in [-0.25, -0.2) is 4.98 Å². The van der Waals surface area contributed by atoms with Gasteiger partial charge in [0.15, 0.2) is 5.65 Å². The molecule has 20 heavy (non-hydrogen) atoms. The zero-order valence-corrected chi connectivity index (χ0v) is 11.3. The van der Waals surface area contributed by atoms with Crippen LogP contribution >= 0.6 is 0 Å². The Bertz CT molecular complexity index is 752. The highest BCUT2D eigenvalue weighted by molar-refractivity contribution is 5.90. The lowest BCUT2D eigenvalue weighted by Crippen LogP contribution is -1.99. The average molecular weight is 269 g/mol. The number of H-pyrrole nitrogens is 1. The predicted octanol–water partition coefficient (Wildman–Crippen LogP) is 2.31. The van der Waals surface area contributed by atoms with Crippen molar-refractivity contribution in [1.82, 2.24) is 20.2 Å². The molecule has 0 saturated heterocycles. The molecule has 0 aliphatic rings. The smallest absolute Gasteiger partial charge is 0.222 e. The van der Waals surface area contributed by atoms with Crippen LogP contribution in [0, 0.1) is 0 Å². The molecule has 0 aliphatic carbocycles. The fourth-order valence-electron chi connectivity index (χ4n) is 2.15. The first-order valence-electron chi connectivity index (χ1n) is 6.28. The number of nitrogen functional groups attached to an aromatic ring is 1. The van der Waals surface area contributed by atoms with E-state index in [-0.39, 0.29) is 12.1 Å². The molecule has 0 amide bonds. The summed E-state index contributed by atoms with van der Waals surface area (Å²) in [6.45, 7) is 2.00. The summed E-state index contributed by atoms with van der Waals surface area (Å²) in [6, 6.07) is 8.03. The molecule has 3 N–H and O–H groups in total. The number of methoxy groups -OCH3 is 1. The SMILES string of the molecule is CO[C@@H](C)c1cccc(-c2nc(N)nc3[nH]ncc23)c1. The second-order valence-corrected chi connectivity index (χ2v) is 4.57. The first-order valence-corrected chi connectivity index (χ1v) is 6.28. The van der Waals surface area contributed by atoms with E-state index in [4.69, 9.17) is 10.5 Å². The van der Waals surface area contributed by atoms with Crippen molar-refractivity contribution in [3.05, 3.63) is 36.0 Å². The van der Waals surface area contributed by atoms with Gasteiger partial charge in [0, 0.05) is 12.7 Å². The Labute approximate surface area is 116 Å². The van der Waals surface area contributed by atoms with Gasteiger partial charge in [-0.3, -0.25) is 5.10 Å². The lowest BCUT2D eigenvalue weighted by atomic mass is 10.0. The van der Waals surface area contributed by atoms with Crippen molar-refractivity contribution >= 4 is 17.0 Å². The zero-order chi connectivity index (χ0) is 14.1. The third-order valence-electron chi connectivity index (χ3n) is 3.31. The highest BCUT2D eigenvalue weighted by Crippen LogP contribution is 2.28. The molecule has 0 spiro atoms. The molecule has 0 aliphatic heterocycles. The van der Waals surface area contributed by atoms with E-state index < -0.39 is 0 Å². The fraction of sp³-hybridized carbons (Fsp3) is 0.214. The van der Waals surface area contributed by atoms with Gasteiger partial charge in [0.1, 0.15) is 0 Å². The largest absolute Gasteiger partial charge is 0.377 e. The van der Waals surface area contributed by atoms with Crippen LogP contribution in [0.3, 0.4) is 0 Å². The highest BCUT2D eigenvalue weighted by Gasteiger charge is 2.12. The van der Waals surface area contributed by atoms with E-state index in [0.717, 1.165) is 22.2 Å². The summed E-state index contributed by atoms with van der Waals surface area (Å²) >= 11 is 0. The van der Waals surface area contributed by atoms with Gasteiger partial charge in [0.25, 0.3) is 0 Å².